The van der Waals surface area contributed by atoms with E-state index in [2.05, 4.69) is 10.2 Å². The van der Waals surface area contributed by atoms with Gasteiger partial charge in [0.25, 0.3) is 0 Å². The Labute approximate surface area is 117 Å². The molecule has 1 aromatic rings. The van der Waals surface area contributed by atoms with E-state index in [0.717, 1.165) is 37.7 Å². The van der Waals surface area contributed by atoms with Crippen molar-refractivity contribution in [2.24, 2.45) is 0 Å². The molecule has 0 aromatic heterocycles. The van der Waals surface area contributed by atoms with Crippen LogP contribution in [0, 0.1) is 23.0 Å². The van der Waals surface area contributed by atoms with Gasteiger partial charge in [0, 0.05) is 37.3 Å². The van der Waals surface area contributed by atoms with E-state index in [1.807, 2.05) is 0 Å². The number of nitrogens with one attached hydrogen (secondary N) is 1. The van der Waals surface area contributed by atoms with Crippen molar-refractivity contribution in [2.75, 3.05) is 13.1 Å². The van der Waals surface area contributed by atoms with Crippen molar-refractivity contribution < 1.29 is 8.78 Å². The van der Waals surface area contributed by atoms with Crippen LogP contribution in [0.3, 0.4) is 0 Å². The lowest BCUT2D eigenvalue weighted by Crippen LogP contribution is -2.33. The van der Waals surface area contributed by atoms with Gasteiger partial charge in [-0.3, -0.25) is 4.90 Å². The molecule has 1 heterocycles. The van der Waals surface area contributed by atoms with Crippen molar-refractivity contribution in [1.82, 2.24) is 10.2 Å². The minimum Gasteiger partial charge on any atom is -0.308 e. The van der Waals surface area contributed by atoms with Crippen LogP contribution in [0.5, 0.6) is 0 Å². The molecule has 106 valence electrons. The van der Waals surface area contributed by atoms with Crippen molar-refractivity contribution >= 4 is 0 Å². The Balaban J connectivity index is 1.60. The molecule has 1 atom stereocenters. The summed E-state index contributed by atoms with van der Waals surface area (Å²) in [6, 6.07) is 4.97. The van der Waals surface area contributed by atoms with E-state index in [1.165, 1.54) is 12.8 Å². The smallest absolute Gasteiger partial charge is 0.131 e. The zero-order chi connectivity index (χ0) is 14.1. The third-order valence-corrected chi connectivity index (χ3v) is 4.12. The predicted molar refractivity (Wildman–Crippen MR) is 70.9 cm³/mol. The Morgan fingerprint density at radius 1 is 1.25 bits per heavy atom. The van der Waals surface area contributed by atoms with E-state index in [-0.39, 0.29) is 17.7 Å². The third kappa shape index (κ3) is 2.82. The van der Waals surface area contributed by atoms with E-state index >= 15 is 0 Å². The molecule has 2 aliphatic rings. The van der Waals surface area contributed by atoms with Gasteiger partial charge in [-0.2, -0.15) is 5.26 Å². The number of nitrogens with zero attached hydrogens (tertiary/aromatic N) is 2. The maximum absolute atomic E-state index is 13.7. The average molecular weight is 277 g/mol. The standard InChI is InChI=1S/C15H17F2N3/c16-14-5-10(7-18)6-15(17)13(14)8-19-11-3-4-20(9-11)12-1-2-12/h5-6,11-12,19H,1-4,8-9H2. The van der Waals surface area contributed by atoms with Gasteiger partial charge in [0.15, 0.2) is 0 Å². The second-order valence-electron chi connectivity index (χ2n) is 5.62. The zero-order valence-electron chi connectivity index (χ0n) is 11.2. The minimum absolute atomic E-state index is 0.0181. The van der Waals surface area contributed by atoms with Gasteiger partial charge < -0.3 is 5.32 Å². The highest BCUT2D eigenvalue weighted by Gasteiger charge is 2.34. The maximum Gasteiger partial charge on any atom is 0.131 e. The van der Waals surface area contributed by atoms with E-state index in [9.17, 15) is 8.78 Å². The molecule has 2 fully saturated rings. The molecule has 1 saturated heterocycles. The van der Waals surface area contributed by atoms with Gasteiger partial charge in [0.05, 0.1) is 11.6 Å². The fourth-order valence-corrected chi connectivity index (χ4v) is 2.81. The number of nitriles is 1. The van der Waals surface area contributed by atoms with Crippen LogP contribution < -0.4 is 5.32 Å². The van der Waals surface area contributed by atoms with E-state index in [4.69, 9.17) is 5.26 Å². The second-order valence-corrected chi connectivity index (χ2v) is 5.62. The summed E-state index contributed by atoms with van der Waals surface area (Å²) >= 11 is 0. The summed E-state index contributed by atoms with van der Waals surface area (Å²) in [5.74, 6) is -1.29. The lowest BCUT2D eigenvalue weighted by atomic mass is 10.1. The number of halogens is 2. The van der Waals surface area contributed by atoms with Gasteiger partial charge in [-0.1, -0.05) is 0 Å². The average Bonchev–Trinajstić information content (AvgIpc) is 3.17. The van der Waals surface area contributed by atoms with Gasteiger partial charge in [-0.05, 0) is 31.4 Å². The van der Waals surface area contributed by atoms with Crippen LogP contribution in [0.1, 0.15) is 30.4 Å². The van der Waals surface area contributed by atoms with E-state index in [1.54, 1.807) is 6.07 Å². The number of likely N-dealkylation sites (tertiary alicyclic amines) is 1. The molecule has 0 amide bonds. The molecule has 1 aromatic carbocycles. The van der Waals surface area contributed by atoms with Crippen molar-refractivity contribution in [1.29, 1.82) is 5.26 Å². The second kappa shape index (κ2) is 5.47. The highest BCUT2D eigenvalue weighted by atomic mass is 19.1. The minimum atomic E-state index is -0.647. The van der Waals surface area contributed by atoms with Crippen LogP contribution >= 0.6 is 0 Å². The SMILES string of the molecule is N#Cc1cc(F)c(CNC2CCN(C3CC3)C2)c(F)c1. The molecule has 3 rings (SSSR count). The first-order valence-electron chi connectivity index (χ1n) is 7.03. The van der Waals surface area contributed by atoms with E-state index < -0.39 is 11.6 Å². The molecule has 20 heavy (non-hydrogen) atoms. The molecule has 1 N–H and O–H groups in total. The molecule has 0 spiro atoms. The first-order chi connectivity index (χ1) is 9.67. The zero-order valence-corrected chi connectivity index (χ0v) is 11.2. The summed E-state index contributed by atoms with van der Waals surface area (Å²) in [5.41, 5.74) is 0.0402. The van der Waals surface area contributed by atoms with Crippen LogP contribution in [-0.4, -0.2) is 30.1 Å². The molecule has 1 unspecified atom stereocenters. The van der Waals surface area contributed by atoms with Crippen LogP contribution in [-0.2, 0) is 6.54 Å². The Kier molecular flexibility index (Phi) is 3.68. The molecule has 0 bridgehead atoms. The Bertz CT molecular complexity index is 526. The molecule has 1 aliphatic carbocycles. The predicted octanol–water partition coefficient (Wildman–Crippen LogP) is 2.16. The summed E-state index contributed by atoms with van der Waals surface area (Å²) in [5, 5.41) is 11.9. The first kappa shape index (κ1) is 13.5. The van der Waals surface area contributed by atoms with E-state index in [0.29, 0.717) is 6.04 Å². The van der Waals surface area contributed by atoms with Crippen LogP contribution in [0.25, 0.3) is 0 Å². The van der Waals surface area contributed by atoms with Crippen molar-refractivity contribution in [3.63, 3.8) is 0 Å². The summed E-state index contributed by atoms with van der Waals surface area (Å²) in [4.78, 5) is 2.45. The monoisotopic (exact) mass is 277 g/mol. The number of rotatable bonds is 4. The quantitative estimate of drug-likeness (QED) is 0.916. The van der Waals surface area contributed by atoms with Crippen molar-refractivity contribution in [3.8, 4) is 6.07 Å². The Hall–Kier alpha value is -1.51. The third-order valence-electron chi connectivity index (χ3n) is 4.12. The van der Waals surface area contributed by atoms with Gasteiger partial charge in [0.1, 0.15) is 11.6 Å². The highest BCUT2D eigenvalue weighted by molar-refractivity contribution is 5.34. The van der Waals surface area contributed by atoms with Gasteiger partial charge in [0.2, 0.25) is 0 Å². The van der Waals surface area contributed by atoms with Gasteiger partial charge >= 0.3 is 0 Å². The number of benzene rings is 1. The lowest BCUT2D eigenvalue weighted by molar-refractivity contribution is 0.317. The molecular formula is C15H17F2N3. The molecule has 5 heteroatoms. The Morgan fingerprint density at radius 3 is 2.55 bits per heavy atom. The summed E-state index contributed by atoms with van der Waals surface area (Å²) in [6.07, 6.45) is 3.59. The van der Waals surface area contributed by atoms with Crippen LogP contribution in [0.2, 0.25) is 0 Å². The summed E-state index contributed by atoms with van der Waals surface area (Å²) < 4.78 is 27.5. The van der Waals surface area contributed by atoms with Crippen LogP contribution in [0.15, 0.2) is 12.1 Å². The van der Waals surface area contributed by atoms with Crippen molar-refractivity contribution in [3.05, 3.63) is 34.9 Å². The number of hydrogen-bond donors (Lipinski definition) is 1. The molecule has 0 radical (unpaired) electrons. The molecule has 1 saturated carbocycles. The molecule has 1 aliphatic heterocycles. The lowest BCUT2D eigenvalue weighted by Gasteiger charge is -2.16. The fraction of sp³-hybridized carbons (Fsp3) is 0.533. The maximum atomic E-state index is 13.7. The Morgan fingerprint density at radius 2 is 1.95 bits per heavy atom. The van der Waals surface area contributed by atoms with Crippen molar-refractivity contribution in [2.45, 2.75) is 37.9 Å². The summed E-state index contributed by atoms with van der Waals surface area (Å²) in [7, 11) is 0. The normalized spacial score (nSPS) is 22.9. The van der Waals surface area contributed by atoms with Gasteiger partial charge in [-0.25, -0.2) is 8.78 Å². The van der Waals surface area contributed by atoms with Gasteiger partial charge in [-0.15, -0.1) is 0 Å². The molecular weight excluding hydrogens is 260 g/mol. The fourth-order valence-electron chi connectivity index (χ4n) is 2.81. The largest absolute Gasteiger partial charge is 0.308 e. The topological polar surface area (TPSA) is 39.1 Å². The van der Waals surface area contributed by atoms with Crippen LogP contribution in [0.4, 0.5) is 8.78 Å². The number of hydrogen-bond acceptors (Lipinski definition) is 3. The molecule has 3 nitrogen and oxygen atoms in total. The first-order valence-corrected chi connectivity index (χ1v) is 7.03. The highest BCUT2D eigenvalue weighted by Crippen LogP contribution is 2.29. The summed E-state index contributed by atoms with van der Waals surface area (Å²) in [6.45, 7) is 2.21.